The van der Waals surface area contributed by atoms with Gasteiger partial charge in [-0.3, -0.25) is 5.10 Å². The van der Waals surface area contributed by atoms with Crippen LogP contribution in [-0.2, 0) is 26.5 Å². The van der Waals surface area contributed by atoms with Crippen LogP contribution < -0.4 is 4.90 Å². The number of hydrogen-bond acceptors (Lipinski definition) is 3. The van der Waals surface area contributed by atoms with Crippen LogP contribution in [0, 0.1) is 12.3 Å². The van der Waals surface area contributed by atoms with Gasteiger partial charge in [0, 0.05) is 38.4 Å². The van der Waals surface area contributed by atoms with E-state index in [0.29, 0.717) is 5.41 Å². The number of nitrogens with zero attached hydrogens (tertiary/aromatic N) is 3. The first-order valence-electron chi connectivity index (χ1n) is 13.1. The normalized spacial score (nSPS) is 22.2. The third kappa shape index (κ3) is 4.44. The molecule has 6 rings (SSSR count). The second-order valence-electron chi connectivity index (χ2n) is 10.5. The molecule has 4 aromatic rings. The number of fused-ring (bicyclic) bond motifs is 2. The number of pyridine rings is 1. The van der Waals surface area contributed by atoms with Crippen LogP contribution >= 0.6 is 0 Å². The van der Waals surface area contributed by atoms with Crippen LogP contribution in [0.2, 0.25) is 0 Å². The predicted octanol–water partition coefficient (Wildman–Crippen LogP) is 7.44. The second kappa shape index (κ2) is 10.1. The molecule has 2 aliphatic rings. The molecule has 35 heavy (non-hydrogen) atoms. The van der Waals surface area contributed by atoms with E-state index in [9.17, 15) is 0 Å². The van der Waals surface area contributed by atoms with E-state index in [1.54, 1.807) is 0 Å². The Balaban J connectivity index is 0.00000253. The molecule has 1 saturated heterocycles. The fourth-order valence-electron chi connectivity index (χ4n) is 6.06. The van der Waals surface area contributed by atoms with Crippen molar-refractivity contribution < 1.29 is 21.1 Å². The molecule has 0 bridgehead atoms. The first kappa shape index (κ1) is 24.5. The second-order valence-corrected chi connectivity index (χ2v) is 10.5. The van der Waals surface area contributed by atoms with E-state index in [0.717, 1.165) is 41.7 Å². The molecule has 2 atom stereocenters. The minimum atomic E-state index is 0. The maximum Gasteiger partial charge on any atom is 0.134 e. The maximum atomic E-state index is 5.25. The third-order valence-electron chi connectivity index (χ3n) is 8.27. The molecule has 0 radical (unpaired) electrons. The van der Waals surface area contributed by atoms with Crippen LogP contribution in [0.3, 0.4) is 0 Å². The van der Waals surface area contributed by atoms with Crippen LogP contribution in [0.1, 0.15) is 64.4 Å². The first-order valence-corrected chi connectivity index (χ1v) is 13.1. The van der Waals surface area contributed by atoms with Gasteiger partial charge in [0.2, 0.25) is 0 Å². The fourth-order valence-corrected chi connectivity index (χ4v) is 6.06. The maximum absolute atomic E-state index is 5.25. The number of benzene rings is 2. The zero-order chi connectivity index (χ0) is 23.1. The van der Waals surface area contributed by atoms with Crippen LogP contribution in [0.15, 0.2) is 48.5 Å². The van der Waals surface area contributed by atoms with Gasteiger partial charge < -0.3 is 11.3 Å². The molecule has 182 valence electrons. The van der Waals surface area contributed by atoms with Gasteiger partial charge in [-0.1, -0.05) is 63.4 Å². The number of unbranched alkanes of at least 4 members (excludes halogenated alkanes) is 1. The quantitative estimate of drug-likeness (QED) is 0.224. The van der Waals surface area contributed by atoms with Gasteiger partial charge >= 0.3 is 0 Å². The van der Waals surface area contributed by atoms with Gasteiger partial charge in [0.1, 0.15) is 11.5 Å². The Hall–Kier alpha value is -2.19. The summed E-state index contributed by atoms with van der Waals surface area (Å²) in [5.74, 6) is 1.85. The molecule has 1 aliphatic heterocycles. The summed E-state index contributed by atoms with van der Waals surface area (Å²) >= 11 is 0. The van der Waals surface area contributed by atoms with Crippen LogP contribution in [-0.4, -0.2) is 28.3 Å². The van der Waals surface area contributed by atoms with E-state index in [-0.39, 0.29) is 21.1 Å². The summed E-state index contributed by atoms with van der Waals surface area (Å²) in [7, 11) is 0. The molecule has 0 amide bonds. The summed E-state index contributed by atoms with van der Waals surface area (Å²) in [5.41, 5.74) is 4.86. The molecule has 2 aromatic heterocycles. The molecule has 5 heteroatoms. The van der Waals surface area contributed by atoms with E-state index in [4.69, 9.17) is 10.1 Å². The Morgan fingerprint density at radius 2 is 1.97 bits per heavy atom. The number of H-pyrrole nitrogens is 1. The molecule has 0 spiro atoms. The van der Waals surface area contributed by atoms with E-state index in [1.807, 2.05) is 0 Å². The summed E-state index contributed by atoms with van der Waals surface area (Å²) in [6, 6.07) is 17.8. The topological polar surface area (TPSA) is 44.8 Å². The van der Waals surface area contributed by atoms with Crippen molar-refractivity contribution in [1.29, 1.82) is 0 Å². The van der Waals surface area contributed by atoms with Crippen molar-refractivity contribution in [2.24, 2.45) is 5.92 Å². The first-order chi connectivity index (χ1) is 16.7. The smallest absolute Gasteiger partial charge is 0.134 e. The zero-order valence-electron chi connectivity index (χ0n) is 20.9. The molecule has 2 fully saturated rings. The molecule has 1 saturated carbocycles. The molecular weight excluding hydrogens is 600 g/mol. The SMILES string of the molecule is CCCCC1(c2ccc3[nH]nc(-c4cc5ccccc5c(N5C[CH-]CCCC5)n4)c3c2)CC1C.[W]. The predicted molar refractivity (Wildman–Crippen MR) is 142 cm³/mol. The van der Waals surface area contributed by atoms with Gasteiger partial charge in [-0.05, 0) is 59.7 Å². The molecule has 3 heterocycles. The number of aromatic amines is 1. The van der Waals surface area contributed by atoms with Crippen molar-refractivity contribution in [2.75, 3.05) is 18.0 Å². The van der Waals surface area contributed by atoms with Gasteiger partial charge in [-0.2, -0.15) is 11.5 Å². The Labute approximate surface area is 223 Å². The van der Waals surface area contributed by atoms with Crippen molar-refractivity contribution in [3.63, 3.8) is 0 Å². The molecular formula is C30H35N4W-. The fraction of sp³-hybridized carbons (Fsp3) is 0.433. The Morgan fingerprint density at radius 1 is 1.11 bits per heavy atom. The third-order valence-corrected chi connectivity index (χ3v) is 8.27. The monoisotopic (exact) mass is 635 g/mol. The number of aromatic nitrogens is 3. The average Bonchev–Trinajstić information content (AvgIpc) is 3.46. The van der Waals surface area contributed by atoms with Gasteiger partial charge in [0.05, 0.1) is 11.2 Å². The van der Waals surface area contributed by atoms with Crippen LogP contribution in [0.5, 0.6) is 0 Å². The largest absolute Gasteiger partial charge is 0.386 e. The molecule has 2 unspecified atom stereocenters. The standard InChI is InChI=1S/C30H35N4.W/c1-3-4-15-30(20-21(30)2)23-13-14-26-25(19-23)28(33-32-26)27-18-22-11-7-8-12-24(22)29(31-27)34-16-9-5-6-10-17-34;/h7-9,11-14,18-19,21H,3-6,10,15-17,20H2,1-2H3,(H,32,33);/q-1;. The summed E-state index contributed by atoms with van der Waals surface area (Å²) in [5, 5.41) is 11.7. The van der Waals surface area contributed by atoms with Gasteiger partial charge in [-0.15, -0.1) is 6.54 Å². The number of nitrogens with one attached hydrogen (secondary N) is 1. The average molecular weight is 635 g/mol. The summed E-state index contributed by atoms with van der Waals surface area (Å²) in [6.45, 7) is 6.72. The van der Waals surface area contributed by atoms with Crippen molar-refractivity contribution in [3.05, 3.63) is 60.5 Å². The van der Waals surface area contributed by atoms with E-state index >= 15 is 0 Å². The summed E-state index contributed by atoms with van der Waals surface area (Å²) in [6.07, 6.45) is 11.2. The summed E-state index contributed by atoms with van der Waals surface area (Å²) < 4.78 is 0. The van der Waals surface area contributed by atoms with E-state index in [1.165, 1.54) is 66.7 Å². The van der Waals surface area contributed by atoms with Crippen LogP contribution in [0.25, 0.3) is 33.1 Å². The van der Waals surface area contributed by atoms with Gasteiger partial charge in [0.15, 0.2) is 0 Å². The van der Waals surface area contributed by atoms with Crippen molar-refractivity contribution in [3.8, 4) is 11.4 Å². The minimum Gasteiger partial charge on any atom is -0.386 e. The van der Waals surface area contributed by atoms with Crippen molar-refractivity contribution in [1.82, 2.24) is 15.2 Å². The van der Waals surface area contributed by atoms with E-state index < -0.39 is 0 Å². The number of rotatable bonds is 6. The van der Waals surface area contributed by atoms with Crippen molar-refractivity contribution in [2.45, 2.75) is 64.2 Å². The Morgan fingerprint density at radius 3 is 2.80 bits per heavy atom. The number of anilines is 1. The van der Waals surface area contributed by atoms with E-state index in [2.05, 4.69) is 78.8 Å². The zero-order valence-corrected chi connectivity index (χ0v) is 23.8. The van der Waals surface area contributed by atoms with Crippen molar-refractivity contribution >= 4 is 27.5 Å². The summed E-state index contributed by atoms with van der Waals surface area (Å²) in [4.78, 5) is 7.70. The Bertz CT molecular complexity index is 1320. The molecule has 4 nitrogen and oxygen atoms in total. The van der Waals surface area contributed by atoms with Crippen LogP contribution in [0.4, 0.5) is 5.82 Å². The Kier molecular flexibility index (Phi) is 7.04. The van der Waals surface area contributed by atoms with Gasteiger partial charge in [-0.25, -0.2) is 4.98 Å². The molecule has 1 N–H and O–H groups in total. The molecule has 1 aliphatic carbocycles. The number of hydrogen-bond donors (Lipinski definition) is 1. The van der Waals surface area contributed by atoms with Gasteiger partial charge in [0.25, 0.3) is 0 Å². The molecule has 2 aromatic carbocycles. The minimum absolute atomic E-state index is 0.